The Morgan fingerprint density at radius 2 is 1.05 bits per heavy atom. The van der Waals surface area contributed by atoms with Crippen molar-refractivity contribution in [3.05, 3.63) is 108 Å². The molecular formula is C30H24N2O4S2. The van der Waals surface area contributed by atoms with Crippen molar-refractivity contribution in [2.24, 2.45) is 0 Å². The van der Waals surface area contributed by atoms with E-state index in [0.717, 1.165) is 22.2 Å². The second-order valence-electron chi connectivity index (χ2n) is 9.24. The molecule has 2 aromatic heterocycles. The van der Waals surface area contributed by atoms with Crippen LogP contribution in [0, 0.1) is 13.8 Å². The highest BCUT2D eigenvalue weighted by Crippen LogP contribution is 2.42. The third-order valence-corrected chi connectivity index (χ3v) is 10.8. The number of aryl methyl sites for hydroxylation is 2. The lowest BCUT2D eigenvalue weighted by Gasteiger charge is -2.14. The number of rotatable bonds is 5. The Bertz CT molecular complexity index is 2060. The summed E-state index contributed by atoms with van der Waals surface area (Å²) in [5, 5.41) is 1.42. The van der Waals surface area contributed by atoms with E-state index in [0.29, 0.717) is 22.2 Å². The molecule has 6 rings (SSSR count). The van der Waals surface area contributed by atoms with Gasteiger partial charge in [0, 0.05) is 21.8 Å². The van der Waals surface area contributed by atoms with Gasteiger partial charge in [-0.05, 0) is 67.4 Å². The van der Waals surface area contributed by atoms with Crippen LogP contribution in [0.1, 0.15) is 11.1 Å². The van der Waals surface area contributed by atoms with Gasteiger partial charge in [-0.15, -0.1) is 0 Å². The fourth-order valence-electron chi connectivity index (χ4n) is 5.10. The summed E-state index contributed by atoms with van der Waals surface area (Å²) in [5.74, 6) is 0. The minimum atomic E-state index is -4.22. The molecule has 0 saturated heterocycles. The zero-order valence-electron chi connectivity index (χ0n) is 20.7. The number of aromatic nitrogens is 2. The highest BCUT2D eigenvalue weighted by molar-refractivity contribution is 7.94. The lowest BCUT2D eigenvalue weighted by atomic mass is 10.1. The topological polar surface area (TPSA) is 99.9 Å². The average molecular weight is 541 g/mol. The summed E-state index contributed by atoms with van der Waals surface area (Å²) >= 11 is 0. The Balaban J connectivity index is 1.72. The molecule has 2 heterocycles. The molecule has 2 N–H and O–H groups in total. The summed E-state index contributed by atoms with van der Waals surface area (Å²) in [4.78, 5) is 6.41. The van der Waals surface area contributed by atoms with Gasteiger partial charge >= 0.3 is 0 Å². The predicted octanol–water partition coefficient (Wildman–Crippen LogP) is 6.60. The van der Waals surface area contributed by atoms with E-state index in [1.165, 1.54) is 30.3 Å². The average Bonchev–Trinajstić information content (AvgIpc) is 3.45. The summed E-state index contributed by atoms with van der Waals surface area (Å²) < 4.78 is 56.0. The van der Waals surface area contributed by atoms with Gasteiger partial charge in [0.2, 0.25) is 19.7 Å². The van der Waals surface area contributed by atoms with E-state index in [4.69, 9.17) is 0 Å². The van der Waals surface area contributed by atoms with Gasteiger partial charge in [-0.2, -0.15) is 0 Å². The van der Waals surface area contributed by atoms with Crippen LogP contribution >= 0.6 is 0 Å². The molecule has 6 aromatic rings. The van der Waals surface area contributed by atoms with Gasteiger partial charge < -0.3 is 9.97 Å². The minimum absolute atomic E-state index is 0.0287. The van der Waals surface area contributed by atoms with Crippen LogP contribution < -0.4 is 0 Å². The number of para-hydroxylation sites is 1. The van der Waals surface area contributed by atoms with Gasteiger partial charge in [-0.3, -0.25) is 0 Å². The molecule has 0 bridgehead atoms. The summed E-state index contributed by atoms with van der Waals surface area (Å²) in [5.41, 5.74) is 4.71. The molecule has 38 heavy (non-hydrogen) atoms. The molecule has 8 heteroatoms. The van der Waals surface area contributed by atoms with Crippen molar-refractivity contribution in [3.63, 3.8) is 0 Å². The zero-order valence-corrected chi connectivity index (χ0v) is 22.3. The number of sulfone groups is 2. The van der Waals surface area contributed by atoms with Crippen LogP contribution in [0.5, 0.6) is 0 Å². The number of H-pyrrole nitrogens is 2. The Morgan fingerprint density at radius 3 is 1.68 bits per heavy atom. The first-order chi connectivity index (χ1) is 18.2. The minimum Gasteiger partial charge on any atom is -0.353 e. The largest absolute Gasteiger partial charge is 0.353 e. The number of hydrogen-bond donors (Lipinski definition) is 2. The molecule has 0 saturated carbocycles. The van der Waals surface area contributed by atoms with Crippen LogP contribution in [0.2, 0.25) is 0 Å². The van der Waals surface area contributed by atoms with Gasteiger partial charge in [-0.25, -0.2) is 16.8 Å². The molecule has 0 unspecified atom stereocenters. The quantitative estimate of drug-likeness (QED) is 0.257. The first kappa shape index (κ1) is 24.2. The molecule has 190 valence electrons. The van der Waals surface area contributed by atoms with Crippen molar-refractivity contribution >= 4 is 41.5 Å². The Hall–Kier alpha value is -4.14. The molecule has 0 aliphatic heterocycles. The Labute approximate surface area is 220 Å². The predicted molar refractivity (Wildman–Crippen MR) is 149 cm³/mol. The normalized spacial score (nSPS) is 12.4. The van der Waals surface area contributed by atoms with Crippen molar-refractivity contribution in [1.29, 1.82) is 0 Å². The van der Waals surface area contributed by atoms with Gasteiger partial charge in [0.15, 0.2) is 0 Å². The molecule has 0 amide bonds. The van der Waals surface area contributed by atoms with E-state index in [1.807, 2.05) is 38.1 Å². The zero-order chi connectivity index (χ0) is 26.7. The highest BCUT2D eigenvalue weighted by Gasteiger charge is 2.33. The molecule has 0 fully saturated rings. The summed E-state index contributed by atoms with van der Waals surface area (Å²) in [6.07, 6.45) is 0. The van der Waals surface area contributed by atoms with Crippen LogP contribution in [0.3, 0.4) is 0 Å². The van der Waals surface area contributed by atoms with Gasteiger partial charge in [-0.1, -0.05) is 54.6 Å². The van der Waals surface area contributed by atoms with Crippen molar-refractivity contribution < 1.29 is 16.8 Å². The summed E-state index contributed by atoms with van der Waals surface area (Å²) in [6, 6.07) is 26.8. The van der Waals surface area contributed by atoms with Gasteiger partial charge in [0.1, 0.15) is 4.90 Å². The fourth-order valence-corrected chi connectivity index (χ4v) is 8.73. The standard InChI is InChI=1S/C30H24N2O4S2/c1-19-23-15-9-10-16-24(23)31-28(19)29-20(2)27-25(32-29)17-18-26(37(33,34)21-11-5-3-6-12-21)30(27)38(35,36)22-13-7-4-8-14-22/h3-18,31-32H,1-2H3. The van der Waals surface area contributed by atoms with Crippen LogP contribution in [-0.4, -0.2) is 26.8 Å². The van der Waals surface area contributed by atoms with Crippen LogP contribution in [0.25, 0.3) is 33.2 Å². The monoisotopic (exact) mass is 540 g/mol. The number of benzene rings is 4. The molecule has 0 atom stereocenters. The van der Waals surface area contributed by atoms with E-state index in [1.54, 1.807) is 42.5 Å². The summed E-state index contributed by atoms with van der Waals surface area (Å²) in [7, 11) is -8.38. The maximum absolute atomic E-state index is 14.2. The van der Waals surface area contributed by atoms with Crippen LogP contribution in [0.15, 0.2) is 117 Å². The smallest absolute Gasteiger partial charge is 0.208 e. The van der Waals surface area contributed by atoms with Crippen LogP contribution in [-0.2, 0) is 19.7 Å². The first-order valence-corrected chi connectivity index (χ1v) is 15.0. The van der Waals surface area contributed by atoms with Crippen molar-refractivity contribution in [2.75, 3.05) is 0 Å². The number of fused-ring (bicyclic) bond motifs is 2. The first-order valence-electron chi connectivity index (χ1n) is 12.0. The van der Waals surface area contributed by atoms with Crippen LogP contribution in [0.4, 0.5) is 0 Å². The molecule has 0 radical (unpaired) electrons. The third kappa shape index (κ3) is 3.60. The van der Waals surface area contributed by atoms with Gasteiger partial charge in [0.25, 0.3) is 0 Å². The molecule has 0 spiro atoms. The molecular weight excluding hydrogens is 516 g/mol. The Kier molecular flexibility index (Phi) is 5.55. The maximum atomic E-state index is 14.2. The molecule has 4 aromatic carbocycles. The lowest BCUT2D eigenvalue weighted by Crippen LogP contribution is -2.11. The second kappa shape index (κ2) is 8.72. The fraction of sp³-hybridized carbons (Fsp3) is 0.0667. The number of nitrogens with one attached hydrogen (secondary N) is 2. The molecule has 0 aliphatic carbocycles. The van der Waals surface area contributed by atoms with E-state index in [9.17, 15) is 16.8 Å². The van der Waals surface area contributed by atoms with Gasteiger partial charge in [0.05, 0.1) is 26.1 Å². The third-order valence-electron chi connectivity index (χ3n) is 7.01. The molecule has 6 nitrogen and oxygen atoms in total. The van der Waals surface area contributed by atoms with E-state index < -0.39 is 19.7 Å². The second-order valence-corrected chi connectivity index (χ2v) is 13.0. The summed E-state index contributed by atoms with van der Waals surface area (Å²) in [6.45, 7) is 3.83. The maximum Gasteiger partial charge on any atom is 0.208 e. The molecule has 0 aliphatic rings. The van der Waals surface area contributed by atoms with E-state index >= 15 is 0 Å². The Morgan fingerprint density at radius 1 is 0.526 bits per heavy atom. The van der Waals surface area contributed by atoms with Crippen molar-refractivity contribution in [3.8, 4) is 11.4 Å². The van der Waals surface area contributed by atoms with Crippen molar-refractivity contribution in [1.82, 2.24) is 9.97 Å². The van der Waals surface area contributed by atoms with E-state index in [-0.39, 0.29) is 19.6 Å². The lowest BCUT2D eigenvalue weighted by molar-refractivity contribution is 0.584. The van der Waals surface area contributed by atoms with Crippen molar-refractivity contribution in [2.45, 2.75) is 33.4 Å². The highest BCUT2D eigenvalue weighted by atomic mass is 32.2. The van der Waals surface area contributed by atoms with E-state index in [2.05, 4.69) is 9.97 Å². The number of aromatic amines is 2. The SMILES string of the molecule is Cc1c(-c2[nH]c3ccc(S(=O)(=O)c4ccccc4)c(S(=O)(=O)c4ccccc4)c3c2C)[nH]c2ccccc12. The number of hydrogen-bond acceptors (Lipinski definition) is 4.